The summed E-state index contributed by atoms with van der Waals surface area (Å²) >= 11 is 0. The van der Waals surface area contributed by atoms with Crippen molar-refractivity contribution < 1.29 is 14.5 Å². The number of benzene rings is 2. The molecule has 0 bridgehead atoms. The van der Waals surface area contributed by atoms with E-state index in [1.54, 1.807) is 0 Å². The van der Waals surface area contributed by atoms with Gasteiger partial charge >= 0.3 is 0 Å². The lowest BCUT2D eigenvalue weighted by atomic mass is 9.87. The number of hydrogen-bond donors (Lipinski definition) is 0. The van der Waals surface area contributed by atoms with Crippen LogP contribution in [-0.2, 0) is 4.89 Å². The quantitative estimate of drug-likeness (QED) is 0.286. The van der Waals surface area contributed by atoms with Crippen LogP contribution in [0.5, 0.6) is 11.5 Å². The lowest BCUT2D eigenvalue weighted by Crippen LogP contribution is -2.18. The zero-order valence-corrected chi connectivity index (χ0v) is 15.8. The molecule has 3 nitrogen and oxygen atoms in total. The lowest BCUT2D eigenvalue weighted by Gasteiger charge is -2.20. The molecule has 0 radical (unpaired) electrons. The Bertz CT molecular complexity index is 592. The molecule has 2 rings (SSSR count). The van der Waals surface area contributed by atoms with E-state index < -0.39 is 6.29 Å². The molecule has 0 aromatic heterocycles. The van der Waals surface area contributed by atoms with Crippen molar-refractivity contribution in [2.45, 2.75) is 59.2 Å². The molecular weight excluding hydrogens is 312 g/mol. The maximum absolute atomic E-state index is 5.76. The van der Waals surface area contributed by atoms with Crippen molar-refractivity contribution in [3.63, 3.8) is 0 Å². The van der Waals surface area contributed by atoms with E-state index in [1.165, 1.54) is 24.8 Å². The molecule has 0 aliphatic carbocycles. The minimum atomic E-state index is -0.492. The molecule has 2 atom stereocenters. The maximum atomic E-state index is 5.76. The third-order valence-electron chi connectivity index (χ3n) is 4.07. The van der Waals surface area contributed by atoms with Crippen molar-refractivity contribution in [2.75, 3.05) is 0 Å². The first-order valence-electron chi connectivity index (χ1n) is 9.23. The summed E-state index contributed by atoms with van der Waals surface area (Å²) in [5, 5.41) is 0. The topological polar surface area (TPSA) is 27.7 Å². The van der Waals surface area contributed by atoms with Crippen molar-refractivity contribution in [3.05, 3.63) is 60.2 Å². The van der Waals surface area contributed by atoms with Crippen LogP contribution in [0.4, 0.5) is 0 Å². The Hall–Kier alpha value is -2.00. The Morgan fingerprint density at radius 3 is 2.12 bits per heavy atom. The molecule has 2 aromatic rings. The molecule has 2 unspecified atom stereocenters. The summed E-state index contributed by atoms with van der Waals surface area (Å²) in [4.78, 5) is 10.5. The molecule has 2 aromatic carbocycles. The van der Waals surface area contributed by atoms with Gasteiger partial charge in [0.05, 0.1) is 0 Å². The molecule has 0 spiro atoms. The minimum absolute atomic E-state index is 0.492. The van der Waals surface area contributed by atoms with Gasteiger partial charge in [0.2, 0.25) is 6.29 Å². The zero-order chi connectivity index (χ0) is 18.1. The first-order chi connectivity index (χ1) is 12.1. The van der Waals surface area contributed by atoms with Crippen molar-refractivity contribution in [1.82, 2.24) is 0 Å². The highest BCUT2D eigenvalue weighted by molar-refractivity contribution is 5.29. The van der Waals surface area contributed by atoms with E-state index in [4.69, 9.17) is 14.5 Å². The van der Waals surface area contributed by atoms with Crippen LogP contribution in [0, 0.1) is 5.92 Å². The third-order valence-corrected chi connectivity index (χ3v) is 4.07. The van der Waals surface area contributed by atoms with Gasteiger partial charge < -0.3 is 9.62 Å². The summed E-state index contributed by atoms with van der Waals surface area (Å²) in [6.45, 7) is 8.63. The molecule has 0 fully saturated rings. The SMILES string of the molecule is CCCC(CC(C)C)c1ccc(OC(C)OOc2ccccc2)cc1. The van der Waals surface area contributed by atoms with E-state index in [1.807, 2.05) is 49.4 Å². The number of para-hydroxylation sites is 1. The first kappa shape index (κ1) is 19.3. The fourth-order valence-electron chi connectivity index (χ4n) is 2.97. The number of ether oxygens (including phenoxy) is 1. The Morgan fingerprint density at radius 1 is 0.840 bits per heavy atom. The summed E-state index contributed by atoms with van der Waals surface area (Å²) in [5.74, 6) is 2.77. The summed E-state index contributed by atoms with van der Waals surface area (Å²) in [7, 11) is 0. The van der Waals surface area contributed by atoms with E-state index in [0.717, 1.165) is 5.75 Å². The van der Waals surface area contributed by atoms with Gasteiger partial charge in [-0.25, -0.2) is 0 Å². The summed E-state index contributed by atoms with van der Waals surface area (Å²) in [6, 6.07) is 17.8. The fraction of sp³-hybridized carbons (Fsp3) is 0.455. The third kappa shape index (κ3) is 6.79. The molecule has 3 heteroatoms. The van der Waals surface area contributed by atoms with Crippen LogP contribution in [0.3, 0.4) is 0 Å². The highest BCUT2D eigenvalue weighted by Gasteiger charge is 2.13. The standard InChI is InChI=1S/C22H30O3/c1-5-9-20(16-17(2)3)19-12-14-21(15-13-19)23-18(4)24-25-22-10-7-6-8-11-22/h6-8,10-15,17-18,20H,5,9,16H2,1-4H3. The summed E-state index contributed by atoms with van der Waals surface area (Å²) in [6.07, 6.45) is 3.16. The molecule has 0 amide bonds. The van der Waals surface area contributed by atoms with E-state index >= 15 is 0 Å². The highest BCUT2D eigenvalue weighted by Crippen LogP contribution is 2.29. The molecule has 0 saturated carbocycles. The molecule has 136 valence electrons. The van der Waals surface area contributed by atoms with E-state index in [9.17, 15) is 0 Å². The van der Waals surface area contributed by atoms with Crippen LogP contribution in [-0.4, -0.2) is 6.29 Å². The van der Waals surface area contributed by atoms with Gasteiger partial charge in [-0.05, 0) is 54.5 Å². The molecular formula is C22H30O3. The van der Waals surface area contributed by atoms with E-state index in [0.29, 0.717) is 17.6 Å². The smallest absolute Gasteiger partial charge is 0.239 e. The van der Waals surface area contributed by atoms with Gasteiger partial charge in [0, 0.05) is 6.92 Å². The van der Waals surface area contributed by atoms with Crippen molar-refractivity contribution >= 4 is 0 Å². The Balaban J connectivity index is 1.88. The Labute approximate surface area is 151 Å². The predicted octanol–water partition coefficient (Wildman–Crippen LogP) is 6.35. The number of rotatable bonds is 10. The van der Waals surface area contributed by atoms with Gasteiger partial charge in [-0.1, -0.05) is 57.5 Å². The van der Waals surface area contributed by atoms with Gasteiger partial charge in [0.25, 0.3) is 0 Å². The molecule has 25 heavy (non-hydrogen) atoms. The maximum Gasteiger partial charge on any atom is 0.239 e. The van der Waals surface area contributed by atoms with Crippen LogP contribution in [0.1, 0.15) is 58.4 Å². The molecule has 0 heterocycles. The fourth-order valence-corrected chi connectivity index (χ4v) is 2.97. The molecule has 0 aliphatic heterocycles. The van der Waals surface area contributed by atoms with Crippen molar-refractivity contribution in [2.24, 2.45) is 5.92 Å². The Morgan fingerprint density at radius 2 is 1.52 bits per heavy atom. The Kier molecular flexibility index (Phi) is 7.80. The van der Waals surface area contributed by atoms with Crippen LogP contribution in [0.2, 0.25) is 0 Å². The zero-order valence-electron chi connectivity index (χ0n) is 15.8. The molecule has 0 N–H and O–H groups in total. The van der Waals surface area contributed by atoms with Gasteiger partial charge in [-0.3, -0.25) is 0 Å². The molecule has 0 aliphatic rings. The molecule has 0 saturated heterocycles. The van der Waals surface area contributed by atoms with Gasteiger partial charge in [-0.2, -0.15) is 0 Å². The summed E-state index contributed by atoms with van der Waals surface area (Å²) in [5.41, 5.74) is 1.39. The largest absolute Gasteiger partial charge is 0.461 e. The monoisotopic (exact) mass is 342 g/mol. The van der Waals surface area contributed by atoms with E-state index in [2.05, 4.69) is 32.9 Å². The predicted molar refractivity (Wildman–Crippen MR) is 102 cm³/mol. The second kappa shape index (κ2) is 10.1. The number of hydrogen-bond acceptors (Lipinski definition) is 3. The second-order valence-corrected chi connectivity index (χ2v) is 6.86. The van der Waals surface area contributed by atoms with Crippen LogP contribution in [0.25, 0.3) is 0 Å². The van der Waals surface area contributed by atoms with Crippen LogP contribution in [0.15, 0.2) is 54.6 Å². The first-order valence-corrected chi connectivity index (χ1v) is 9.23. The second-order valence-electron chi connectivity index (χ2n) is 6.86. The average Bonchev–Trinajstić information content (AvgIpc) is 2.61. The van der Waals surface area contributed by atoms with Gasteiger partial charge in [-0.15, -0.1) is 4.89 Å². The van der Waals surface area contributed by atoms with Gasteiger partial charge in [0.1, 0.15) is 5.75 Å². The normalized spacial score (nSPS) is 13.5. The average molecular weight is 342 g/mol. The van der Waals surface area contributed by atoms with Crippen LogP contribution < -0.4 is 9.62 Å². The summed E-state index contributed by atoms with van der Waals surface area (Å²) < 4.78 is 5.76. The van der Waals surface area contributed by atoms with Gasteiger partial charge in [0.15, 0.2) is 5.75 Å². The van der Waals surface area contributed by atoms with Crippen molar-refractivity contribution in [3.8, 4) is 11.5 Å². The lowest BCUT2D eigenvalue weighted by molar-refractivity contribution is -0.289. The van der Waals surface area contributed by atoms with Crippen LogP contribution >= 0.6 is 0 Å². The minimum Gasteiger partial charge on any atom is -0.461 e. The van der Waals surface area contributed by atoms with E-state index in [-0.39, 0.29) is 0 Å². The van der Waals surface area contributed by atoms with Crippen molar-refractivity contribution in [1.29, 1.82) is 0 Å². The highest BCUT2D eigenvalue weighted by atomic mass is 17.2.